The first-order valence-corrected chi connectivity index (χ1v) is 8.09. The monoisotopic (exact) mass is 287 g/mol. The van der Waals surface area contributed by atoms with Crippen molar-refractivity contribution in [3.05, 3.63) is 23.8 Å². The molecule has 0 aromatic heterocycles. The second-order valence-corrected chi connectivity index (χ2v) is 6.34. The molecule has 2 aliphatic rings. The summed E-state index contributed by atoms with van der Waals surface area (Å²) in [5.41, 5.74) is 3.52. The van der Waals surface area contributed by atoms with E-state index in [1.165, 1.54) is 62.7 Å². The van der Waals surface area contributed by atoms with Crippen LogP contribution in [0.25, 0.3) is 0 Å². The molecule has 1 heterocycles. The van der Waals surface area contributed by atoms with E-state index in [0.717, 1.165) is 17.6 Å². The zero-order valence-corrected chi connectivity index (χ0v) is 12.8. The normalized spacial score (nSPS) is 25.9. The van der Waals surface area contributed by atoms with Gasteiger partial charge >= 0.3 is 0 Å². The maximum absolute atomic E-state index is 8.50. The van der Waals surface area contributed by atoms with Crippen LogP contribution >= 0.6 is 0 Å². The van der Waals surface area contributed by atoms with Crippen molar-refractivity contribution in [1.29, 1.82) is 0 Å². The first kappa shape index (κ1) is 14.2. The molecule has 2 N–H and O–H groups in total. The number of oxime groups is 1. The molecule has 0 spiro atoms. The first-order valence-electron chi connectivity index (χ1n) is 8.09. The maximum atomic E-state index is 8.50. The SMILES string of the molecule is Cc1cc(N2CCCC3CCCCC32)ccc1N/C=N/O. The summed E-state index contributed by atoms with van der Waals surface area (Å²) >= 11 is 0. The molecule has 0 bridgehead atoms. The standard InChI is InChI=1S/C17H25N3O/c1-13-11-15(8-9-16(13)18-12-19-21)20-10-4-6-14-5-2-3-7-17(14)20/h8-9,11-12,14,17,21H,2-7,10H2,1H3,(H,18,19). The van der Waals surface area contributed by atoms with E-state index in [9.17, 15) is 0 Å². The third-order valence-electron chi connectivity index (χ3n) is 5.06. The van der Waals surface area contributed by atoms with E-state index < -0.39 is 0 Å². The molecule has 1 aromatic carbocycles. The number of hydrogen-bond donors (Lipinski definition) is 2. The molecular weight excluding hydrogens is 262 g/mol. The first-order chi connectivity index (χ1) is 10.3. The summed E-state index contributed by atoms with van der Waals surface area (Å²) in [4.78, 5) is 2.63. The summed E-state index contributed by atoms with van der Waals surface area (Å²) in [6, 6.07) is 7.27. The van der Waals surface area contributed by atoms with Crippen LogP contribution in [-0.2, 0) is 0 Å². The average molecular weight is 287 g/mol. The molecular formula is C17H25N3O. The van der Waals surface area contributed by atoms with Crippen LogP contribution in [0.2, 0.25) is 0 Å². The third-order valence-corrected chi connectivity index (χ3v) is 5.06. The summed E-state index contributed by atoms with van der Waals surface area (Å²) in [7, 11) is 0. The molecule has 0 amide bonds. The van der Waals surface area contributed by atoms with Crippen LogP contribution in [0.5, 0.6) is 0 Å². The molecule has 1 aliphatic carbocycles. The van der Waals surface area contributed by atoms with Crippen LogP contribution in [0, 0.1) is 12.8 Å². The smallest absolute Gasteiger partial charge is 0.132 e. The second kappa shape index (κ2) is 6.37. The molecule has 21 heavy (non-hydrogen) atoms. The lowest BCUT2D eigenvalue weighted by Gasteiger charge is -2.45. The minimum atomic E-state index is 0.740. The van der Waals surface area contributed by atoms with E-state index in [1.807, 2.05) is 0 Å². The van der Waals surface area contributed by atoms with Gasteiger partial charge in [-0.3, -0.25) is 0 Å². The lowest BCUT2D eigenvalue weighted by atomic mass is 9.78. The Labute approximate surface area is 126 Å². The highest BCUT2D eigenvalue weighted by Gasteiger charge is 2.33. The van der Waals surface area contributed by atoms with E-state index in [1.54, 1.807) is 0 Å². The van der Waals surface area contributed by atoms with Crippen molar-refractivity contribution in [2.24, 2.45) is 11.1 Å². The zero-order chi connectivity index (χ0) is 14.7. The maximum Gasteiger partial charge on any atom is 0.132 e. The van der Waals surface area contributed by atoms with Gasteiger partial charge in [-0.15, -0.1) is 0 Å². The van der Waals surface area contributed by atoms with Crippen LogP contribution < -0.4 is 10.2 Å². The van der Waals surface area contributed by atoms with E-state index in [4.69, 9.17) is 5.21 Å². The van der Waals surface area contributed by atoms with Crippen molar-refractivity contribution in [2.45, 2.75) is 51.5 Å². The van der Waals surface area contributed by atoms with Gasteiger partial charge in [0.05, 0.1) is 0 Å². The minimum Gasteiger partial charge on any atom is -0.410 e. The fraction of sp³-hybridized carbons (Fsp3) is 0.588. The summed E-state index contributed by atoms with van der Waals surface area (Å²) in [5, 5.41) is 14.5. The number of piperidine rings is 1. The van der Waals surface area contributed by atoms with Gasteiger partial charge in [-0.25, -0.2) is 0 Å². The van der Waals surface area contributed by atoms with Gasteiger partial charge < -0.3 is 15.4 Å². The Morgan fingerprint density at radius 1 is 1.24 bits per heavy atom. The van der Waals surface area contributed by atoms with Gasteiger partial charge in [-0.05, 0) is 62.3 Å². The van der Waals surface area contributed by atoms with Crippen LogP contribution in [0.3, 0.4) is 0 Å². The van der Waals surface area contributed by atoms with E-state index in [2.05, 4.69) is 40.5 Å². The molecule has 114 valence electrons. The molecule has 4 nitrogen and oxygen atoms in total. The van der Waals surface area contributed by atoms with Crippen LogP contribution in [-0.4, -0.2) is 24.1 Å². The van der Waals surface area contributed by atoms with Gasteiger partial charge in [0.15, 0.2) is 0 Å². The number of nitrogens with zero attached hydrogens (tertiary/aromatic N) is 2. The molecule has 0 radical (unpaired) electrons. The van der Waals surface area contributed by atoms with Crippen molar-refractivity contribution in [3.8, 4) is 0 Å². The largest absolute Gasteiger partial charge is 0.410 e. The Morgan fingerprint density at radius 3 is 2.86 bits per heavy atom. The molecule has 2 unspecified atom stereocenters. The highest BCUT2D eigenvalue weighted by molar-refractivity contribution is 5.77. The van der Waals surface area contributed by atoms with Crippen molar-refractivity contribution in [1.82, 2.24) is 0 Å². The predicted molar refractivity (Wildman–Crippen MR) is 87.4 cm³/mol. The van der Waals surface area contributed by atoms with Crippen molar-refractivity contribution >= 4 is 17.7 Å². The molecule has 2 fully saturated rings. The molecule has 1 aromatic rings. The molecule has 1 saturated carbocycles. The highest BCUT2D eigenvalue weighted by Crippen LogP contribution is 2.38. The Morgan fingerprint density at radius 2 is 2.05 bits per heavy atom. The van der Waals surface area contributed by atoms with E-state index in [0.29, 0.717) is 0 Å². The quantitative estimate of drug-likeness (QED) is 0.382. The third kappa shape index (κ3) is 2.99. The summed E-state index contributed by atoms with van der Waals surface area (Å²) in [5.74, 6) is 0.895. The summed E-state index contributed by atoms with van der Waals surface area (Å²) in [6.07, 6.45) is 9.58. The van der Waals surface area contributed by atoms with Crippen LogP contribution in [0.15, 0.2) is 23.4 Å². The van der Waals surface area contributed by atoms with E-state index >= 15 is 0 Å². The zero-order valence-electron chi connectivity index (χ0n) is 12.8. The Bertz CT molecular complexity index is 513. The van der Waals surface area contributed by atoms with Crippen molar-refractivity contribution in [3.63, 3.8) is 0 Å². The lowest BCUT2D eigenvalue weighted by molar-refractivity contribution is 0.244. The Balaban J connectivity index is 1.80. The number of rotatable bonds is 3. The van der Waals surface area contributed by atoms with Crippen LogP contribution in [0.1, 0.15) is 44.1 Å². The lowest BCUT2D eigenvalue weighted by Crippen LogP contribution is -2.46. The summed E-state index contributed by atoms with van der Waals surface area (Å²) in [6.45, 7) is 3.28. The topological polar surface area (TPSA) is 47.9 Å². The number of fused-ring (bicyclic) bond motifs is 1. The molecule has 4 heteroatoms. The van der Waals surface area contributed by atoms with Gasteiger partial charge in [-0.1, -0.05) is 18.0 Å². The molecule has 1 saturated heterocycles. The Hall–Kier alpha value is -1.71. The molecule has 1 aliphatic heterocycles. The van der Waals surface area contributed by atoms with Crippen LogP contribution in [0.4, 0.5) is 11.4 Å². The fourth-order valence-electron chi connectivity index (χ4n) is 4.03. The van der Waals surface area contributed by atoms with E-state index in [-0.39, 0.29) is 0 Å². The average Bonchev–Trinajstić information content (AvgIpc) is 2.53. The van der Waals surface area contributed by atoms with Gasteiger partial charge in [0.1, 0.15) is 6.34 Å². The molecule has 2 atom stereocenters. The fourth-order valence-corrected chi connectivity index (χ4v) is 4.03. The highest BCUT2D eigenvalue weighted by atomic mass is 16.4. The Kier molecular flexibility index (Phi) is 4.32. The van der Waals surface area contributed by atoms with Crippen molar-refractivity contribution in [2.75, 3.05) is 16.8 Å². The van der Waals surface area contributed by atoms with Gasteiger partial charge in [0, 0.05) is 24.0 Å². The minimum absolute atomic E-state index is 0.740. The van der Waals surface area contributed by atoms with Gasteiger partial charge in [0.25, 0.3) is 0 Å². The van der Waals surface area contributed by atoms with Gasteiger partial charge in [0.2, 0.25) is 0 Å². The number of hydrogen-bond acceptors (Lipinski definition) is 3. The number of benzene rings is 1. The number of nitrogens with one attached hydrogen (secondary N) is 1. The predicted octanol–water partition coefficient (Wildman–Crippen LogP) is 3.98. The molecule has 3 rings (SSSR count). The van der Waals surface area contributed by atoms with Crippen molar-refractivity contribution < 1.29 is 5.21 Å². The second-order valence-electron chi connectivity index (χ2n) is 6.34. The van der Waals surface area contributed by atoms with Gasteiger partial charge in [-0.2, -0.15) is 0 Å². The summed E-state index contributed by atoms with van der Waals surface area (Å²) < 4.78 is 0. The number of anilines is 2. The number of aryl methyl sites for hydroxylation is 1.